The van der Waals surface area contributed by atoms with Gasteiger partial charge in [-0.3, -0.25) is 10.1 Å². The summed E-state index contributed by atoms with van der Waals surface area (Å²) in [7, 11) is 0. The van der Waals surface area contributed by atoms with Crippen LogP contribution >= 0.6 is 0 Å². The van der Waals surface area contributed by atoms with Crippen LogP contribution in [0.4, 0.5) is 4.79 Å². The van der Waals surface area contributed by atoms with Crippen molar-refractivity contribution in [1.82, 2.24) is 10.2 Å². The minimum atomic E-state index is -0.369. The lowest BCUT2D eigenvalue weighted by Gasteiger charge is -2.34. The van der Waals surface area contributed by atoms with Gasteiger partial charge in [0.2, 0.25) is 5.91 Å². The molecule has 1 aliphatic rings. The van der Waals surface area contributed by atoms with E-state index < -0.39 is 0 Å². The van der Waals surface area contributed by atoms with Gasteiger partial charge < -0.3 is 9.64 Å². The molecule has 1 aliphatic heterocycles. The van der Waals surface area contributed by atoms with Gasteiger partial charge in [-0.25, -0.2) is 4.79 Å². The largest absolute Gasteiger partial charge is 0.374 e. The highest BCUT2D eigenvalue weighted by molar-refractivity contribution is 5.96. The molecule has 0 radical (unpaired) electrons. The Labute approximate surface area is 89.8 Å². The maximum absolute atomic E-state index is 11.4. The van der Waals surface area contributed by atoms with Crippen molar-refractivity contribution in [2.24, 2.45) is 0 Å². The summed E-state index contributed by atoms with van der Waals surface area (Å²) in [6, 6.07) is -0.320. The number of imide groups is 1. The Morgan fingerprint density at radius 3 is 2.67 bits per heavy atom. The summed E-state index contributed by atoms with van der Waals surface area (Å²) in [5.74, 6) is -0.203. The monoisotopic (exact) mass is 214 g/mol. The number of hydrogen-bond acceptors (Lipinski definition) is 3. The van der Waals surface area contributed by atoms with Crippen LogP contribution in [0.3, 0.4) is 0 Å². The smallest absolute Gasteiger partial charge is 0.324 e. The molecule has 5 heteroatoms. The first-order chi connectivity index (χ1) is 6.94. The molecular weight excluding hydrogens is 196 g/mol. The van der Waals surface area contributed by atoms with Gasteiger partial charge in [0, 0.05) is 19.6 Å². The van der Waals surface area contributed by atoms with Crippen LogP contribution in [0.1, 0.15) is 27.2 Å². The fraction of sp³-hybridized carbons (Fsp3) is 0.800. The highest BCUT2D eigenvalue weighted by Gasteiger charge is 2.29. The Kier molecular flexibility index (Phi) is 3.68. The highest BCUT2D eigenvalue weighted by atomic mass is 16.5. The number of carbonyl (C=O) groups excluding carboxylic acids is 2. The highest BCUT2D eigenvalue weighted by Crippen LogP contribution is 2.13. The molecule has 0 atom stereocenters. The van der Waals surface area contributed by atoms with Crippen molar-refractivity contribution in [3.05, 3.63) is 0 Å². The van der Waals surface area contributed by atoms with Crippen LogP contribution in [0.5, 0.6) is 0 Å². The van der Waals surface area contributed by atoms with Crippen molar-refractivity contribution < 1.29 is 14.3 Å². The SMILES string of the molecule is CCOC(C)(C)CN1CCC(=O)NC1=O. The molecule has 0 spiro atoms. The number of amides is 3. The average Bonchev–Trinajstić information content (AvgIpc) is 2.09. The van der Waals surface area contributed by atoms with Crippen LogP contribution in [-0.2, 0) is 9.53 Å². The maximum Gasteiger partial charge on any atom is 0.324 e. The molecule has 1 rings (SSSR count). The Hall–Kier alpha value is -1.10. The van der Waals surface area contributed by atoms with E-state index in [9.17, 15) is 9.59 Å². The van der Waals surface area contributed by atoms with E-state index in [0.717, 1.165) is 0 Å². The summed E-state index contributed by atoms with van der Waals surface area (Å²) >= 11 is 0. The molecule has 0 aromatic rings. The topological polar surface area (TPSA) is 58.6 Å². The van der Waals surface area contributed by atoms with Gasteiger partial charge in [0.25, 0.3) is 0 Å². The van der Waals surface area contributed by atoms with Gasteiger partial charge in [-0.15, -0.1) is 0 Å². The lowest BCUT2D eigenvalue weighted by molar-refractivity contribution is -0.122. The van der Waals surface area contributed by atoms with Crippen molar-refractivity contribution in [1.29, 1.82) is 0 Å². The summed E-state index contributed by atoms with van der Waals surface area (Å²) in [5.41, 5.74) is -0.369. The molecule has 0 saturated carbocycles. The molecule has 3 amide bonds. The molecule has 0 unspecified atom stereocenters. The summed E-state index contributed by atoms with van der Waals surface area (Å²) < 4.78 is 5.50. The van der Waals surface area contributed by atoms with Gasteiger partial charge in [-0.1, -0.05) is 0 Å². The molecule has 1 heterocycles. The van der Waals surface area contributed by atoms with E-state index in [4.69, 9.17) is 4.74 Å². The maximum atomic E-state index is 11.4. The third-order valence-corrected chi connectivity index (χ3v) is 2.25. The van der Waals surface area contributed by atoms with E-state index in [1.54, 1.807) is 4.90 Å². The van der Waals surface area contributed by atoms with Crippen LogP contribution in [0, 0.1) is 0 Å². The van der Waals surface area contributed by atoms with Gasteiger partial charge in [0.05, 0.1) is 12.1 Å². The summed E-state index contributed by atoms with van der Waals surface area (Å²) in [6.45, 7) is 7.37. The Morgan fingerprint density at radius 1 is 1.47 bits per heavy atom. The summed E-state index contributed by atoms with van der Waals surface area (Å²) in [6.07, 6.45) is 0.369. The predicted octanol–water partition coefficient (Wildman–Crippen LogP) is 0.743. The quantitative estimate of drug-likeness (QED) is 0.751. The van der Waals surface area contributed by atoms with E-state index in [1.807, 2.05) is 20.8 Å². The zero-order chi connectivity index (χ0) is 11.5. The van der Waals surface area contributed by atoms with E-state index in [1.165, 1.54) is 0 Å². The van der Waals surface area contributed by atoms with E-state index in [2.05, 4.69) is 5.32 Å². The van der Waals surface area contributed by atoms with Crippen LogP contribution in [0.25, 0.3) is 0 Å². The van der Waals surface area contributed by atoms with Gasteiger partial charge in [-0.05, 0) is 20.8 Å². The van der Waals surface area contributed by atoms with Crippen LogP contribution in [0.15, 0.2) is 0 Å². The van der Waals surface area contributed by atoms with Crippen molar-refractivity contribution in [3.63, 3.8) is 0 Å². The second kappa shape index (κ2) is 4.61. The molecule has 1 fully saturated rings. The number of nitrogens with zero attached hydrogens (tertiary/aromatic N) is 1. The average molecular weight is 214 g/mol. The minimum Gasteiger partial charge on any atom is -0.374 e. The zero-order valence-corrected chi connectivity index (χ0v) is 9.50. The van der Waals surface area contributed by atoms with E-state index in [0.29, 0.717) is 26.1 Å². The number of urea groups is 1. The van der Waals surface area contributed by atoms with Gasteiger partial charge in [0.15, 0.2) is 0 Å². The predicted molar refractivity (Wildman–Crippen MR) is 55.4 cm³/mol. The first-order valence-corrected chi connectivity index (χ1v) is 5.17. The number of ether oxygens (including phenoxy) is 1. The number of nitrogens with one attached hydrogen (secondary N) is 1. The molecule has 1 saturated heterocycles. The fourth-order valence-corrected chi connectivity index (χ4v) is 1.65. The first-order valence-electron chi connectivity index (χ1n) is 5.17. The number of carbonyl (C=O) groups is 2. The van der Waals surface area contributed by atoms with Crippen molar-refractivity contribution in [2.45, 2.75) is 32.8 Å². The Balaban J connectivity index is 2.51. The number of rotatable bonds is 4. The van der Waals surface area contributed by atoms with Crippen molar-refractivity contribution in [2.75, 3.05) is 19.7 Å². The normalized spacial score (nSPS) is 17.9. The molecular formula is C10H18N2O3. The van der Waals surface area contributed by atoms with E-state index in [-0.39, 0.29) is 17.5 Å². The first kappa shape index (κ1) is 12.0. The molecule has 86 valence electrons. The molecule has 0 aromatic heterocycles. The van der Waals surface area contributed by atoms with Crippen molar-refractivity contribution in [3.8, 4) is 0 Å². The third kappa shape index (κ3) is 3.51. The minimum absolute atomic E-state index is 0.203. The fourth-order valence-electron chi connectivity index (χ4n) is 1.65. The van der Waals surface area contributed by atoms with Gasteiger partial charge in [0.1, 0.15) is 0 Å². The molecule has 0 aromatic carbocycles. The molecule has 0 aliphatic carbocycles. The Morgan fingerprint density at radius 2 is 2.13 bits per heavy atom. The Bertz CT molecular complexity index is 263. The molecule has 0 bridgehead atoms. The molecule has 5 nitrogen and oxygen atoms in total. The second-order valence-corrected chi connectivity index (χ2v) is 4.22. The van der Waals surface area contributed by atoms with E-state index >= 15 is 0 Å². The zero-order valence-electron chi connectivity index (χ0n) is 9.50. The number of hydrogen-bond donors (Lipinski definition) is 1. The van der Waals surface area contributed by atoms with Gasteiger partial charge in [-0.2, -0.15) is 0 Å². The van der Waals surface area contributed by atoms with Crippen molar-refractivity contribution >= 4 is 11.9 Å². The molecule has 15 heavy (non-hydrogen) atoms. The lowest BCUT2D eigenvalue weighted by atomic mass is 10.1. The lowest BCUT2D eigenvalue weighted by Crippen LogP contribution is -2.53. The summed E-state index contributed by atoms with van der Waals surface area (Å²) in [4.78, 5) is 24.0. The van der Waals surface area contributed by atoms with Gasteiger partial charge >= 0.3 is 6.03 Å². The molecule has 1 N–H and O–H groups in total. The second-order valence-electron chi connectivity index (χ2n) is 4.22. The van der Waals surface area contributed by atoms with Crippen LogP contribution < -0.4 is 5.32 Å². The van der Waals surface area contributed by atoms with Crippen LogP contribution in [-0.4, -0.2) is 42.1 Å². The third-order valence-electron chi connectivity index (χ3n) is 2.25. The summed E-state index contributed by atoms with van der Waals surface area (Å²) in [5, 5.41) is 2.29. The standard InChI is InChI=1S/C10H18N2O3/c1-4-15-10(2,3)7-12-6-5-8(13)11-9(12)14/h4-7H2,1-3H3,(H,11,13,14). The van der Waals surface area contributed by atoms with Crippen LogP contribution in [0.2, 0.25) is 0 Å².